The highest BCUT2D eigenvalue weighted by molar-refractivity contribution is 5.63. The molecule has 8 nitrogen and oxygen atoms in total. The Hall–Kier alpha value is -1.96. The van der Waals surface area contributed by atoms with Crippen molar-refractivity contribution in [3.8, 4) is 0 Å². The fraction of sp³-hybridized carbons (Fsp3) is 0.857. The third-order valence-corrected chi connectivity index (χ3v) is 3.42. The van der Waals surface area contributed by atoms with E-state index < -0.39 is 48.8 Å². The first kappa shape index (κ1) is 24.1. The third-order valence-electron chi connectivity index (χ3n) is 3.42. The number of halogens is 6. The number of rotatable bonds is 2. The minimum Gasteiger partial charge on any atom is -0.427 e. The first-order chi connectivity index (χ1) is 12.7. The Morgan fingerprint density at radius 1 is 0.964 bits per heavy atom. The molecule has 28 heavy (non-hydrogen) atoms. The predicted molar refractivity (Wildman–Crippen MR) is 74.7 cm³/mol. The Morgan fingerprint density at radius 3 is 1.75 bits per heavy atom. The van der Waals surface area contributed by atoms with Gasteiger partial charge in [-0.2, -0.15) is 17.6 Å². The van der Waals surface area contributed by atoms with E-state index in [0.717, 1.165) is 13.8 Å². The number of cyclic esters (lactones) is 4. The second-order valence-electron chi connectivity index (χ2n) is 5.68. The molecule has 14 heteroatoms. The van der Waals surface area contributed by atoms with Crippen LogP contribution in [0.4, 0.5) is 35.9 Å². The lowest BCUT2D eigenvalue weighted by molar-refractivity contribution is -0.288. The van der Waals surface area contributed by atoms with Crippen LogP contribution in [-0.2, 0) is 28.4 Å². The maximum atomic E-state index is 12.8. The Labute approximate surface area is 154 Å². The van der Waals surface area contributed by atoms with E-state index in [9.17, 15) is 35.9 Å². The van der Waals surface area contributed by atoms with Crippen LogP contribution in [0.1, 0.15) is 33.6 Å². The zero-order valence-corrected chi connectivity index (χ0v) is 14.9. The normalized spacial score (nSPS) is 38.1. The molecule has 0 aromatic heterocycles. The van der Waals surface area contributed by atoms with Crippen LogP contribution in [0.2, 0.25) is 0 Å². The van der Waals surface area contributed by atoms with Gasteiger partial charge in [0.15, 0.2) is 13.4 Å². The highest BCUT2D eigenvalue weighted by Gasteiger charge is 2.67. The van der Waals surface area contributed by atoms with Gasteiger partial charge in [-0.25, -0.2) is 18.4 Å². The average Bonchev–Trinajstić information content (AvgIpc) is 3.15. The third kappa shape index (κ3) is 5.77. The van der Waals surface area contributed by atoms with Crippen LogP contribution in [0.15, 0.2) is 0 Å². The van der Waals surface area contributed by atoms with Crippen molar-refractivity contribution in [2.45, 2.75) is 63.6 Å². The van der Waals surface area contributed by atoms with E-state index in [1.54, 1.807) is 0 Å². The van der Waals surface area contributed by atoms with Gasteiger partial charge >= 0.3 is 24.3 Å². The van der Waals surface area contributed by atoms with Crippen LogP contribution in [0.5, 0.6) is 0 Å². The molecule has 3 aliphatic heterocycles. The van der Waals surface area contributed by atoms with Crippen molar-refractivity contribution in [2.75, 3.05) is 13.4 Å². The molecule has 3 aliphatic rings. The van der Waals surface area contributed by atoms with E-state index in [2.05, 4.69) is 28.4 Å². The maximum absolute atomic E-state index is 12.8. The van der Waals surface area contributed by atoms with Crippen molar-refractivity contribution < 1.29 is 64.4 Å². The minimum atomic E-state index is -4.17. The second-order valence-corrected chi connectivity index (χ2v) is 5.68. The van der Waals surface area contributed by atoms with E-state index in [1.807, 2.05) is 0 Å². The lowest BCUT2D eigenvalue weighted by atomic mass is 10.2. The van der Waals surface area contributed by atoms with Crippen molar-refractivity contribution in [1.29, 1.82) is 0 Å². The summed E-state index contributed by atoms with van der Waals surface area (Å²) in [4.78, 5) is 20.0. The number of carbonyl (C=O) groups excluding carboxylic acids is 2. The minimum absolute atomic E-state index is 0.0197. The number of alkyl halides is 6. The van der Waals surface area contributed by atoms with Crippen molar-refractivity contribution >= 4 is 12.3 Å². The molecule has 0 aromatic rings. The van der Waals surface area contributed by atoms with Gasteiger partial charge in [-0.3, -0.25) is 0 Å². The van der Waals surface area contributed by atoms with Crippen molar-refractivity contribution in [2.24, 2.45) is 0 Å². The molecule has 0 spiro atoms. The van der Waals surface area contributed by atoms with Crippen LogP contribution in [-0.4, -0.2) is 55.7 Å². The number of hydrogen-bond acceptors (Lipinski definition) is 8. The smallest absolute Gasteiger partial charge is 0.427 e. The molecule has 0 aromatic carbocycles. The zero-order valence-electron chi connectivity index (χ0n) is 14.9. The van der Waals surface area contributed by atoms with E-state index >= 15 is 0 Å². The van der Waals surface area contributed by atoms with Gasteiger partial charge in [-0.05, 0) is 0 Å². The van der Waals surface area contributed by atoms with Gasteiger partial charge in [0, 0.05) is 19.8 Å². The first-order valence-electron chi connectivity index (χ1n) is 7.82. The molecule has 0 bridgehead atoms. The summed E-state index contributed by atoms with van der Waals surface area (Å²) in [5, 5.41) is 0. The summed E-state index contributed by atoms with van der Waals surface area (Å²) in [5.74, 6) is -7.40. The fourth-order valence-electron chi connectivity index (χ4n) is 1.74. The van der Waals surface area contributed by atoms with E-state index in [4.69, 9.17) is 0 Å². The first-order valence-corrected chi connectivity index (χ1v) is 7.82. The zero-order chi connectivity index (χ0) is 21.8. The molecule has 3 fully saturated rings. The van der Waals surface area contributed by atoms with Crippen LogP contribution in [0.3, 0.4) is 0 Å². The van der Waals surface area contributed by atoms with Crippen molar-refractivity contribution in [3.05, 3.63) is 0 Å². The molecule has 0 aliphatic carbocycles. The quantitative estimate of drug-likeness (QED) is 0.481. The summed E-state index contributed by atoms with van der Waals surface area (Å²) in [6, 6.07) is 0. The molecule has 0 amide bonds. The molecule has 164 valence electrons. The highest BCUT2D eigenvalue weighted by atomic mass is 19.3. The molecule has 3 saturated heterocycles. The molecule has 0 N–H and O–H groups in total. The monoisotopic (exact) mass is 428 g/mol. The number of hydrogen-bond donors (Lipinski definition) is 0. The van der Waals surface area contributed by atoms with Crippen LogP contribution in [0.25, 0.3) is 0 Å². The van der Waals surface area contributed by atoms with Crippen molar-refractivity contribution in [3.63, 3.8) is 0 Å². The van der Waals surface area contributed by atoms with Crippen LogP contribution >= 0.6 is 0 Å². The molecule has 0 saturated carbocycles. The SMILES string of the molecule is CC1(F)COC(=O)O1.CCC1(F)OC(=O)OC1(F)F.CCC1(F)OCOC1F. The van der Waals surface area contributed by atoms with Crippen LogP contribution < -0.4 is 0 Å². The van der Waals surface area contributed by atoms with E-state index in [1.165, 1.54) is 6.92 Å². The van der Waals surface area contributed by atoms with Gasteiger partial charge in [0.2, 0.25) is 0 Å². The Balaban J connectivity index is 0.000000213. The number of ether oxygens (including phenoxy) is 6. The van der Waals surface area contributed by atoms with Gasteiger partial charge in [-0.15, -0.1) is 0 Å². The summed E-state index contributed by atoms with van der Waals surface area (Å²) in [7, 11) is 0. The lowest BCUT2D eigenvalue weighted by Gasteiger charge is -2.18. The van der Waals surface area contributed by atoms with Crippen LogP contribution in [0, 0.1) is 0 Å². The van der Waals surface area contributed by atoms with E-state index in [-0.39, 0.29) is 19.8 Å². The Bertz CT molecular complexity index is 576. The topological polar surface area (TPSA) is 89.5 Å². The summed E-state index contributed by atoms with van der Waals surface area (Å²) >= 11 is 0. The molecular formula is C14H18F6O8. The fourth-order valence-corrected chi connectivity index (χ4v) is 1.74. The number of carbonyl (C=O) groups is 2. The molecule has 0 radical (unpaired) electrons. The Morgan fingerprint density at radius 2 is 1.57 bits per heavy atom. The maximum Gasteiger partial charge on any atom is 0.516 e. The highest BCUT2D eigenvalue weighted by Crippen LogP contribution is 2.43. The Kier molecular flexibility index (Phi) is 7.39. The largest absolute Gasteiger partial charge is 0.516 e. The second kappa shape index (κ2) is 8.59. The standard InChI is InChI=1S/C5H5F3O3.C5H8F2O2.C4H5FO3/c1-2-4(6)5(7,8)11-3(9)10-4;1-2-5(7)4(6)8-3-9-5;1-4(5)2-7-3(6)8-4/h2H2,1H3;4H,2-3H2,1H3;2H2,1H3. The average molecular weight is 428 g/mol. The summed E-state index contributed by atoms with van der Waals surface area (Å²) in [6.07, 6.45) is -9.37. The van der Waals surface area contributed by atoms with Crippen molar-refractivity contribution in [1.82, 2.24) is 0 Å². The summed E-state index contributed by atoms with van der Waals surface area (Å²) < 4.78 is 98.2. The lowest BCUT2D eigenvalue weighted by Crippen LogP contribution is -2.40. The summed E-state index contributed by atoms with van der Waals surface area (Å²) in [6.45, 7) is 3.17. The van der Waals surface area contributed by atoms with Gasteiger partial charge in [0.25, 0.3) is 18.1 Å². The summed E-state index contributed by atoms with van der Waals surface area (Å²) in [5.41, 5.74) is 0. The predicted octanol–water partition coefficient (Wildman–Crippen LogP) is 4.02. The molecule has 4 atom stereocenters. The molecule has 3 heterocycles. The van der Waals surface area contributed by atoms with Gasteiger partial charge in [0.05, 0.1) is 0 Å². The molecule has 4 unspecified atom stereocenters. The van der Waals surface area contributed by atoms with E-state index in [0.29, 0.717) is 0 Å². The van der Waals surface area contributed by atoms with Gasteiger partial charge in [0.1, 0.15) is 0 Å². The molecule has 3 rings (SSSR count). The van der Waals surface area contributed by atoms with Gasteiger partial charge in [-0.1, -0.05) is 13.8 Å². The molecular weight excluding hydrogens is 410 g/mol. The van der Waals surface area contributed by atoms with Gasteiger partial charge < -0.3 is 28.4 Å².